The number of rotatable bonds is 7. The number of benzene rings is 1. The molecule has 1 aromatic carbocycles. The predicted octanol–water partition coefficient (Wildman–Crippen LogP) is 3.36. The number of amides is 1. The van der Waals surface area contributed by atoms with Crippen molar-refractivity contribution in [1.29, 1.82) is 0 Å². The summed E-state index contributed by atoms with van der Waals surface area (Å²) >= 11 is 0. The molecule has 0 spiro atoms. The van der Waals surface area contributed by atoms with Gasteiger partial charge in [-0.25, -0.2) is 0 Å². The Morgan fingerprint density at radius 2 is 1.89 bits per heavy atom. The molecule has 0 aliphatic heterocycles. The van der Waals surface area contributed by atoms with Crippen molar-refractivity contribution in [3.05, 3.63) is 36.0 Å². The van der Waals surface area contributed by atoms with Gasteiger partial charge in [0.25, 0.3) is 0 Å². The van der Waals surface area contributed by atoms with Gasteiger partial charge in [-0.1, -0.05) is 11.6 Å². The van der Waals surface area contributed by atoms with Crippen molar-refractivity contribution >= 4 is 17.6 Å². The first-order valence-electron chi connectivity index (χ1n) is 9.67. The minimum absolute atomic E-state index is 0.126. The molecule has 2 fully saturated rings. The summed E-state index contributed by atoms with van der Waals surface area (Å²) in [6.07, 6.45) is 4.75. The first kappa shape index (κ1) is 18.5. The number of hydrogen-bond donors (Lipinski definition) is 2. The molecule has 8 heteroatoms. The van der Waals surface area contributed by atoms with Crippen LogP contribution in [-0.4, -0.2) is 27.1 Å². The molecule has 2 aliphatic rings. The number of carboxylic acid groups (broad SMARTS) is 1. The van der Waals surface area contributed by atoms with E-state index in [0.717, 1.165) is 25.7 Å². The van der Waals surface area contributed by atoms with E-state index in [-0.39, 0.29) is 18.4 Å². The maximum atomic E-state index is 12.4. The molecule has 2 aliphatic carbocycles. The number of nitrogens with zero attached hydrogens (tertiary/aromatic N) is 2. The zero-order valence-electron chi connectivity index (χ0n) is 15.5. The van der Waals surface area contributed by atoms with E-state index < -0.39 is 11.9 Å². The largest absolute Gasteiger partial charge is 0.485 e. The van der Waals surface area contributed by atoms with Crippen molar-refractivity contribution in [1.82, 2.24) is 10.1 Å². The summed E-state index contributed by atoms with van der Waals surface area (Å²) in [4.78, 5) is 27.9. The third-order valence-corrected chi connectivity index (χ3v) is 5.29. The number of carbonyl (C=O) groups is 2. The lowest BCUT2D eigenvalue weighted by atomic mass is 9.81. The smallest absolute Gasteiger partial charge is 0.306 e. The van der Waals surface area contributed by atoms with E-state index in [1.807, 2.05) is 0 Å². The van der Waals surface area contributed by atoms with Crippen LogP contribution in [0.25, 0.3) is 0 Å². The summed E-state index contributed by atoms with van der Waals surface area (Å²) in [7, 11) is 0. The summed E-state index contributed by atoms with van der Waals surface area (Å²) in [6.45, 7) is 0.223. The number of hydrogen-bond acceptors (Lipinski definition) is 6. The monoisotopic (exact) mass is 385 g/mol. The Bertz CT molecular complexity index is 844. The van der Waals surface area contributed by atoms with Crippen LogP contribution in [0.15, 0.2) is 28.8 Å². The molecule has 2 N–H and O–H groups in total. The van der Waals surface area contributed by atoms with Crippen LogP contribution in [0.3, 0.4) is 0 Å². The molecule has 28 heavy (non-hydrogen) atoms. The van der Waals surface area contributed by atoms with E-state index in [4.69, 9.17) is 14.4 Å². The highest BCUT2D eigenvalue weighted by molar-refractivity contribution is 5.93. The molecule has 148 valence electrons. The lowest BCUT2D eigenvalue weighted by Gasteiger charge is -2.25. The normalized spacial score (nSPS) is 21.9. The van der Waals surface area contributed by atoms with Crippen LogP contribution in [0, 0.1) is 11.8 Å². The molecule has 1 amide bonds. The summed E-state index contributed by atoms with van der Waals surface area (Å²) in [5, 5.41) is 15.9. The lowest BCUT2D eigenvalue weighted by Crippen LogP contribution is -2.30. The molecule has 0 bridgehead atoms. The van der Waals surface area contributed by atoms with Gasteiger partial charge in [0.2, 0.25) is 17.6 Å². The van der Waals surface area contributed by atoms with Gasteiger partial charge in [0, 0.05) is 17.5 Å². The minimum atomic E-state index is -0.815. The van der Waals surface area contributed by atoms with Crippen molar-refractivity contribution in [3.63, 3.8) is 0 Å². The van der Waals surface area contributed by atoms with Gasteiger partial charge in [0.05, 0.1) is 5.92 Å². The van der Waals surface area contributed by atoms with Crippen LogP contribution in [0.1, 0.15) is 56.2 Å². The van der Waals surface area contributed by atoms with Crippen LogP contribution in [0.5, 0.6) is 5.75 Å². The first-order valence-corrected chi connectivity index (χ1v) is 9.67. The molecule has 4 rings (SSSR count). The molecule has 1 heterocycles. The number of ether oxygens (including phenoxy) is 1. The quantitative estimate of drug-likeness (QED) is 0.751. The van der Waals surface area contributed by atoms with E-state index >= 15 is 0 Å². The Morgan fingerprint density at radius 1 is 1.14 bits per heavy atom. The molecule has 0 saturated heterocycles. The molecule has 2 saturated carbocycles. The maximum absolute atomic E-state index is 12.4. The fraction of sp³-hybridized carbons (Fsp3) is 0.500. The summed E-state index contributed by atoms with van der Waals surface area (Å²) in [5.74, 6) is 0.631. The molecule has 0 radical (unpaired) electrons. The third kappa shape index (κ3) is 4.49. The highest BCUT2D eigenvalue weighted by Crippen LogP contribution is 2.38. The second-order valence-electron chi connectivity index (χ2n) is 7.52. The van der Waals surface area contributed by atoms with Crippen molar-refractivity contribution in [2.24, 2.45) is 11.8 Å². The van der Waals surface area contributed by atoms with Crippen LogP contribution in [0.2, 0.25) is 0 Å². The van der Waals surface area contributed by atoms with Crippen LogP contribution in [0.4, 0.5) is 5.69 Å². The van der Waals surface area contributed by atoms with Crippen molar-refractivity contribution in [3.8, 4) is 5.75 Å². The zero-order valence-corrected chi connectivity index (χ0v) is 15.5. The molecule has 2 atom stereocenters. The number of carbonyl (C=O) groups excluding carboxylic acids is 1. The second kappa shape index (κ2) is 8.00. The summed E-state index contributed by atoms with van der Waals surface area (Å²) in [6, 6.07) is 7.05. The van der Waals surface area contributed by atoms with E-state index in [2.05, 4.69) is 15.5 Å². The zero-order chi connectivity index (χ0) is 19.5. The Labute approximate surface area is 162 Å². The van der Waals surface area contributed by atoms with Crippen molar-refractivity contribution < 1.29 is 24.0 Å². The van der Waals surface area contributed by atoms with E-state index in [0.29, 0.717) is 41.9 Å². The molecular formula is C20H23N3O5. The fourth-order valence-electron chi connectivity index (χ4n) is 3.50. The van der Waals surface area contributed by atoms with Gasteiger partial charge < -0.3 is 19.7 Å². The predicted molar refractivity (Wildman–Crippen MR) is 98.8 cm³/mol. The van der Waals surface area contributed by atoms with Crippen molar-refractivity contribution in [2.45, 2.75) is 51.0 Å². The van der Waals surface area contributed by atoms with Gasteiger partial charge in [-0.15, -0.1) is 0 Å². The third-order valence-electron chi connectivity index (χ3n) is 5.29. The number of aliphatic carboxylic acids is 1. The van der Waals surface area contributed by atoms with Crippen molar-refractivity contribution in [2.75, 3.05) is 5.32 Å². The fourth-order valence-corrected chi connectivity index (χ4v) is 3.50. The standard InChI is InChI=1S/C20H23N3O5/c24-18(13-2-1-3-14(10-13)20(25)26)21-15-6-8-16(9-7-15)27-11-17-22-19(28-23-17)12-4-5-12/h6-9,12-14H,1-5,10-11H2,(H,21,24)(H,25,26). The van der Waals surface area contributed by atoms with Crippen LogP contribution >= 0.6 is 0 Å². The topological polar surface area (TPSA) is 115 Å². The van der Waals surface area contributed by atoms with Gasteiger partial charge in [-0.3, -0.25) is 9.59 Å². The number of nitrogens with one attached hydrogen (secondary N) is 1. The Kier molecular flexibility index (Phi) is 5.27. The first-order chi connectivity index (χ1) is 13.6. The number of anilines is 1. The summed E-state index contributed by atoms with van der Waals surface area (Å²) in [5.41, 5.74) is 0.658. The molecule has 1 aromatic heterocycles. The second-order valence-corrected chi connectivity index (χ2v) is 7.52. The molecular weight excluding hydrogens is 362 g/mol. The number of aromatic nitrogens is 2. The maximum Gasteiger partial charge on any atom is 0.306 e. The molecule has 8 nitrogen and oxygen atoms in total. The highest BCUT2D eigenvalue weighted by atomic mass is 16.5. The van der Waals surface area contributed by atoms with Gasteiger partial charge in [-0.2, -0.15) is 4.98 Å². The minimum Gasteiger partial charge on any atom is -0.485 e. The van der Waals surface area contributed by atoms with Gasteiger partial charge in [0.1, 0.15) is 5.75 Å². The average Bonchev–Trinajstić information content (AvgIpc) is 3.45. The van der Waals surface area contributed by atoms with E-state index in [1.165, 1.54) is 0 Å². The van der Waals surface area contributed by atoms with Crippen LogP contribution in [-0.2, 0) is 16.2 Å². The van der Waals surface area contributed by atoms with Gasteiger partial charge in [0.15, 0.2) is 6.61 Å². The Balaban J connectivity index is 1.27. The SMILES string of the molecule is O=C(O)C1CCCC(C(=O)Nc2ccc(OCc3noc(C4CC4)n3)cc2)C1. The van der Waals surface area contributed by atoms with Gasteiger partial charge in [-0.05, 0) is 56.4 Å². The van der Waals surface area contributed by atoms with E-state index in [9.17, 15) is 9.59 Å². The highest BCUT2D eigenvalue weighted by Gasteiger charge is 2.31. The Morgan fingerprint density at radius 3 is 2.61 bits per heavy atom. The average molecular weight is 385 g/mol. The summed E-state index contributed by atoms with van der Waals surface area (Å²) < 4.78 is 10.9. The Hall–Kier alpha value is -2.90. The number of carboxylic acids is 1. The molecule has 2 aromatic rings. The van der Waals surface area contributed by atoms with Gasteiger partial charge >= 0.3 is 5.97 Å². The molecule has 2 unspecified atom stereocenters. The van der Waals surface area contributed by atoms with E-state index in [1.54, 1.807) is 24.3 Å². The lowest BCUT2D eigenvalue weighted by molar-refractivity contribution is -0.143. The van der Waals surface area contributed by atoms with Crippen LogP contribution < -0.4 is 10.1 Å².